The van der Waals surface area contributed by atoms with Crippen LogP contribution in [-0.2, 0) is 22.6 Å². The molecule has 3 rings (SSSR count). The van der Waals surface area contributed by atoms with Crippen molar-refractivity contribution in [3.63, 3.8) is 0 Å². The quantitative estimate of drug-likeness (QED) is 0.746. The van der Waals surface area contributed by atoms with Crippen LogP contribution in [0.3, 0.4) is 0 Å². The van der Waals surface area contributed by atoms with Gasteiger partial charge in [0.05, 0.1) is 5.69 Å². The van der Waals surface area contributed by atoms with E-state index in [-0.39, 0.29) is 19.4 Å². The van der Waals surface area contributed by atoms with Gasteiger partial charge in [0, 0.05) is 17.8 Å². The van der Waals surface area contributed by atoms with Crippen molar-refractivity contribution in [1.82, 2.24) is 0 Å². The van der Waals surface area contributed by atoms with Crippen LogP contribution < -0.4 is 10.4 Å². The fourth-order valence-electron chi connectivity index (χ4n) is 2.49. The second-order valence-electron chi connectivity index (χ2n) is 5.46. The summed E-state index contributed by atoms with van der Waals surface area (Å²) in [5.41, 5.74) is 1.86. The number of benzene rings is 2. The summed E-state index contributed by atoms with van der Waals surface area (Å²) in [4.78, 5) is 22.8. The Balaban J connectivity index is 1.75. The maximum atomic E-state index is 12.1. The first-order valence-electron chi connectivity index (χ1n) is 7.81. The van der Waals surface area contributed by atoms with Gasteiger partial charge in [-0.2, -0.15) is 0 Å². The number of hydrogen-bond acceptors (Lipinski definition) is 5. The van der Waals surface area contributed by atoms with Crippen LogP contribution in [0.5, 0.6) is 0 Å². The van der Waals surface area contributed by atoms with Crippen LogP contribution in [0.1, 0.15) is 17.7 Å². The van der Waals surface area contributed by atoms with Gasteiger partial charge in [0.15, 0.2) is 0 Å². The number of ether oxygens (including phenoxy) is 1. The third-order valence-corrected chi connectivity index (χ3v) is 3.66. The van der Waals surface area contributed by atoms with Crippen molar-refractivity contribution in [2.24, 2.45) is 0 Å². The van der Waals surface area contributed by atoms with Gasteiger partial charge in [0.2, 0.25) is 0 Å². The number of carbonyl (C=O) groups excluding carboxylic acids is 2. The summed E-state index contributed by atoms with van der Waals surface area (Å²) in [5, 5.41) is 14.1. The molecule has 0 aliphatic carbocycles. The third kappa shape index (κ3) is 4.17. The number of aryl methyl sites for hydroxylation is 1. The van der Waals surface area contributed by atoms with Gasteiger partial charge in [0.25, 0.3) is 0 Å². The van der Waals surface area contributed by atoms with E-state index < -0.39 is 12.1 Å². The molecule has 1 aromatic heterocycles. The summed E-state index contributed by atoms with van der Waals surface area (Å²) in [5.74, 6) is -0.805. The highest BCUT2D eigenvalue weighted by Crippen LogP contribution is 2.31. The first-order chi connectivity index (χ1) is 12.1. The smallest absolute Gasteiger partial charge is 0.412 e. The molecule has 0 fully saturated rings. The molecule has 0 spiro atoms. The molecular formula is C19H16NO5-. The first kappa shape index (κ1) is 16.6. The fourth-order valence-corrected chi connectivity index (χ4v) is 2.49. The number of carbonyl (C=O) groups is 2. The van der Waals surface area contributed by atoms with E-state index in [1.165, 1.54) is 0 Å². The molecule has 1 heterocycles. The molecule has 6 heteroatoms. The van der Waals surface area contributed by atoms with Gasteiger partial charge in [-0.25, -0.2) is 4.79 Å². The fraction of sp³-hybridized carbons (Fsp3) is 0.158. The number of para-hydroxylation sites is 1. The monoisotopic (exact) mass is 338 g/mol. The summed E-state index contributed by atoms with van der Waals surface area (Å²) in [6.45, 7) is 0.136. The van der Waals surface area contributed by atoms with E-state index >= 15 is 0 Å². The van der Waals surface area contributed by atoms with Crippen molar-refractivity contribution in [1.29, 1.82) is 0 Å². The number of hydrogen-bond donors (Lipinski definition) is 1. The molecule has 0 aliphatic heterocycles. The number of nitrogens with one attached hydrogen (secondary N) is 1. The molecule has 25 heavy (non-hydrogen) atoms. The van der Waals surface area contributed by atoms with E-state index in [1.54, 1.807) is 24.3 Å². The lowest BCUT2D eigenvalue weighted by molar-refractivity contribution is -0.305. The molecule has 0 atom stereocenters. The summed E-state index contributed by atoms with van der Waals surface area (Å²) in [6, 6.07) is 16.4. The zero-order chi connectivity index (χ0) is 17.6. The van der Waals surface area contributed by atoms with Crippen LogP contribution in [0.25, 0.3) is 11.0 Å². The zero-order valence-corrected chi connectivity index (χ0v) is 13.4. The van der Waals surface area contributed by atoms with Crippen molar-refractivity contribution in [3.05, 3.63) is 65.9 Å². The lowest BCUT2D eigenvalue weighted by atomic mass is 10.1. The van der Waals surface area contributed by atoms with Crippen LogP contribution in [0.4, 0.5) is 10.5 Å². The lowest BCUT2D eigenvalue weighted by Crippen LogP contribution is -2.22. The highest BCUT2D eigenvalue weighted by molar-refractivity contribution is 5.99. The Morgan fingerprint density at radius 3 is 2.52 bits per heavy atom. The van der Waals surface area contributed by atoms with Crippen LogP contribution in [0, 0.1) is 0 Å². The van der Waals surface area contributed by atoms with E-state index in [9.17, 15) is 14.7 Å². The van der Waals surface area contributed by atoms with Gasteiger partial charge >= 0.3 is 6.09 Å². The van der Waals surface area contributed by atoms with Gasteiger partial charge in [-0.15, -0.1) is 0 Å². The maximum absolute atomic E-state index is 12.1. The van der Waals surface area contributed by atoms with Crippen molar-refractivity contribution < 1.29 is 23.8 Å². The number of fused-ring (bicyclic) bond motifs is 1. The Bertz CT molecular complexity index is 885. The van der Waals surface area contributed by atoms with Gasteiger partial charge in [-0.1, -0.05) is 42.5 Å². The predicted molar refractivity (Wildman–Crippen MR) is 89.8 cm³/mol. The van der Waals surface area contributed by atoms with Crippen LogP contribution in [0.15, 0.2) is 59.0 Å². The molecule has 1 amide bonds. The number of amides is 1. The van der Waals surface area contributed by atoms with Crippen molar-refractivity contribution >= 4 is 28.7 Å². The van der Waals surface area contributed by atoms with E-state index in [1.807, 2.05) is 30.3 Å². The maximum Gasteiger partial charge on any atom is 0.412 e. The zero-order valence-electron chi connectivity index (χ0n) is 13.4. The number of rotatable bonds is 6. The third-order valence-electron chi connectivity index (χ3n) is 3.66. The average molecular weight is 338 g/mol. The van der Waals surface area contributed by atoms with E-state index in [4.69, 9.17) is 9.15 Å². The summed E-state index contributed by atoms with van der Waals surface area (Å²) >= 11 is 0. The molecule has 0 radical (unpaired) electrons. The molecule has 0 unspecified atom stereocenters. The number of carboxylic acid groups (broad SMARTS) is 1. The molecule has 3 aromatic rings. The van der Waals surface area contributed by atoms with E-state index in [2.05, 4.69) is 5.32 Å². The molecule has 0 bridgehead atoms. The Kier molecular flexibility index (Phi) is 4.99. The highest BCUT2D eigenvalue weighted by atomic mass is 16.5. The van der Waals surface area contributed by atoms with Gasteiger partial charge in [-0.05, 0) is 24.1 Å². The standard InChI is InChI=1S/C19H17NO5/c21-17(22)11-10-16-18(14-8-4-5-9-15(14)25-16)20-19(23)24-12-13-6-2-1-3-7-13/h1-9H,10-12H2,(H,20,23)(H,21,22)/p-1. The van der Waals surface area contributed by atoms with Crippen LogP contribution in [-0.4, -0.2) is 12.1 Å². The molecule has 2 aromatic carbocycles. The van der Waals surface area contributed by atoms with Crippen LogP contribution >= 0.6 is 0 Å². The minimum absolute atomic E-state index is 0.116. The largest absolute Gasteiger partial charge is 0.550 e. The van der Waals surface area contributed by atoms with Crippen LogP contribution in [0.2, 0.25) is 0 Å². The minimum Gasteiger partial charge on any atom is -0.550 e. The van der Waals surface area contributed by atoms with Gasteiger partial charge < -0.3 is 19.1 Å². The molecule has 0 aliphatic rings. The second kappa shape index (κ2) is 7.53. The topological polar surface area (TPSA) is 91.6 Å². The molecule has 0 saturated carbocycles. The van der Waals surface area contributed by atoms with E-state index in [0.717, 1.165) is 5.56 Å². The lowest BCUT2D eigenvalue weighted by Gasteiger charge is -2.08. The Morgan fingerprint density at radius 2 is 1.76 bits per heavy atom. The number of carboxylic acids is 1. The molecule has 6 nitrogen and oxygen atoms in total. The van der Waals surface area contributed by atoms with Gasteiger partial charge in [0.1, 0.15) is 18.0 Å². The summed E-state index contributed by atoms with van der Waals surface area (Å²) in [7, 11) is 0. The Labute approximate surface area is 144 Å². The Hall–Kier alpha value is -3.28. The number of anilines is 1. The SMILES string of the molecule is O=C([O-])CCc1oc2ccccc2c1NC(=O)OCc1ccccc1. The molecular weight excluding hydrogens is 322 g/mol. The van der Waals surface area contributed by atoms with Crippen molar-refractivity contribution in [2.75, 3.05) is 5.32 Å². The van der Waals surface area contributed by atoms with E-state index in [0.29, 0.717) is 22.4 Å². The van der Waals surface area contributed by atoms with Crippen molar-refractivity contribution in [3.8, 4) is 0 Å². The molecule has 0 saturated heterocycles. The minimum atomic E-state index is -1.18. The van der Waals surface area contributed by atoms with Crippen molar-refractivity contribution in [2.45, 2.75) is 19.4 Å². The molecule has 1 N–H and O–H groups in total. The normalized spacial score (nSPS) is 10.6. The second-order valence-corrected chi connectivity index (χ2v) is 5.46. The highest BCUT2D eigenvalue weighted by Gasteiger charge is 2.17. The summed E-state index contributed by atoms with van der Waals surface area (Å²) < 4.78 is 10.9. The number of aliphatic carboxylic acids is 1. The molecule has 128 valence electrons. The van der Waals surface area contributed by atoms with Gasteiger partial charge in [-0.3, -0.25) is 5.32 Å². The average Bonchev–Trinajstić information content (AvgIpc) is 2.97. The Morgan fingerprint density at radius 1 is 1.04 bits per heavy atom. The first-order valence-corrected chi connectivity index (χ1v) is 7.81. The summed E-state index contributed by atoms with van der Waals surface area (Å²) in [6.07, 6.45) is -0.719. The number of furan rings is 1. The predicted octanol–water partition coefficient (Wildman–Crippen LogP) is 2.86.